The van der Waals surface area contributed by atoms with E-state index in [9.17, 15) is 13.2 Å². The summed E-state index contributed by atoms with van der Waals surface area (Å²) in [7, 11) is -0.859. The van der Waals surface area contributed by atoms with Crippen molar-refractivity contribution in [1.29, 1.82) is 0 Å². The molecule has 0 aliphatic heterocycles. The van der Waals surface area contributed by atoms with Gasteiger partial charge in [-0.1, -0.05) is 24.3 Å². The number of aryl methyl sites for hydroxylation is 1. The Bertz CT molecular complexity index is 1520. The number of rotatable bonds is 9. The van der Waals surface area contributed by atoms with Crippen LogP contribution in [0.4, 0.5) is 23.0 Å². The molecule has 0 fully saturated rings. The van der Waals surface area contributed by atoms with E-state index in [1.165, 1.54) is 12.1 Å². The summed E-state index contributed by atoms with van der Waals surface area (Å²) < 4.78 is 34.5. The fourth-order valence-corrected chi connectivity index (χ4v) is 4.50. The van der Waals surface area contributed by atoms with E-state index in [1.54, 1.807) is 50.6 Å². The van der Waals surface area contributed by atoms with Crippen LogP contribution in [-0.4, -0.2) is 45.0 Å². The standard InChI is InChI=1S/C25H26N6O4S/c1-16-11-12-18(35-3)14-22(16)30-24-25(29-21-10-5-4-9-20(21)28-24)31-36(33,34)19-8-6-7-17(13-19)27-23(32)15-26-2/h4-14,26H,15H2,1-3H3,(H,27,32)(H,28,30)(H,29,31). The summed E-state index contributed by atoms with van der Waals surface area (Å²) in [5, 5.41) is 8.59. The predicted octanol–water partition coefficient (Wildman–Crippen LogP) is 3.65. The molecule has 0 unspecified atom stereocenters. The van der Waals surface area contributed by atoms with Gasteiger partial charge in [0.15, 0.2) is 11.6 Å². The number of carbonyl (C=O) groups excluding carboxylic acids is 1. The normalized spacial score (nSPS) is 11.2. The quantitative estimate of drug-likeness (QED) is 0.270. The SMILES string of the molecule is CNCC(=O)Nc1cccc(S(=O)(=O)Nc2nc3ccccc3nc2Nc2cc(OC)ccc2C)c1. The van der Waals surface area contributed by atoms with Gasteiger partial charge in [0.1, 0.15) is 5.75 Å². The number of carbonyl (C=O) groups is 1. The van der Waals surface area contributed by atoms with E-state index in [4.69, 9.17) is 4.74 Å². The number of nitrogens with zero attached hydrogens (tertiary/aromatic N) is 2. The third-order valence-corrected chi connectivity index (χ3v) is 6.60. The summed E-state index contributed by atoms with van der Waals surface area (Å²) in [5.41, 5.74) is 3.07. The van der Waals surface area contributed by atoms with Crippen molar-refractivity contribution in [3.63, 3.8) is 0 Å². The lowest BCUT2D eigenvalue weighted by molar-refractivity contribution is -0.115. The molecule has 1 heterocycles. The molecule has 0 aliphatic carbocycles. The number of aromatic nitrogens is 2. The van der Waals surface area contributed by atoms with Crippen molar-refractivity contribution >= 4 is 50.0 Å². The van der Waals surface area contributed by atoms with Gasteiger partial charge in [0.05, 0.1) is 29.6 Å². The Morgan fingerprint density at radius 3 is 2.36 bits per heavy atom. The highest BCUT2D eigenvalue weighted by Gasteiger charge is 2.20. The maximum Gasteiger partial charge on any atom is 0.263 e. The van der Waals surface area contributed by atoms with Crippen molar-refractivity contribution in [3.05, 3.63) is 72.3 Å². The van der Waals surface area contributed by atoms with Gasteiger partial charge in [-0.05, 0) is 55.9 Å². The second-order valence-corrected chi connectivity index (χ2v) is 9.61. The van der Waals surface area contributed by atoms with Crippen LogP contribution in [0, 0.1) is 6.92 Å². The summed E-state index contributed by atoms with van der Waals surface area (Å²) in [5.74, 6) is 0.601. The lowest BCUT2D eigenvalue weighted by atomic mass is 10.2. The minimum Gasteiger partial charge on any atom is -0.497 e. The summed E-state index contributed by atoms with van der Waals surface area (Å²) in [6, 6.07) is 18.7. The van der Waals surface area contributed by atoms with Crippen LogP contribution in [0.15, 0.2) is 71.6 Å². The summed E-state index contributed by atoms with van der Waals surface area (Å²) in [4.78, 5) is 21.0. The highest BCUT2D eigenvalue weighted by Crippen LogP contribution is 2.30. The number of sulfonamides is 1. The molecule has 0 aliphatic rings. The van der Waals surface area contributed by atoms with Crippen molar-refractivity contribution in [1.82, 2.24) is 15.3 Å². The first kappa shape index (κ1) is 24.9. The number of nitrogens with one attached hydrogen (secondary N) is 4. The first-order valence-corrected chi connectivity index (χ1v) is 12.5. The molecule has 1 amide bonds. The Morgan fingerprint density at radius 2 is 1.67 bits per heavy atom. The number of ether oxygens (including phenoxy) is 1. The van der Waals surface area contributed by atoms with Crippen LogP contribution >= 0.6 is 0 Å². The zero-order valence-electron chi connectivity index (χ0n) is 20.0. The minimum absolute atomic E-state index is 0.0283. The Balaban J connectivity index is 1.72. The van der Waals surface area contributed by atoms with E-state index in [2.05, 4.69) is 30.6 Å². The van der Waals surface area contributed by atoms with Crippen LogP contribution in [0.3, 0.4) is 0 Å². The topological polar surface area (TPSA) is 134 Å². The summed E-state index contributed by atoms with van der Waals surface area (Å²) in [6.07, 6.45) is 0. The molecule has 4 N–H and O–H groups in total. The Labute approximate surface area is 209 Å². The molecule has 4 rings (SSSR count). The monoisotopic (exact) mass is 506 g/mol. The first-order chi connectivity index (χ1) is 17.3. The van der Waals surface area contributed by atoms with Crippen molar-refractivity contribution < 1.29 is 17.9 Å². The van der Waals surface area contributed by atoms with E-state index >= 15 is 0 Å². The van der Waals surface area contributed by atoms with Gasteiger partial charge in [-0.3, -0.25) is 9.52 Å². The highest BCUT2D eigenvalue weighted by molar-refractivity contribution is 7.92. The average Bonchev–Trinajstić information content (AvgIpc) is 2.86. The molecule has 4 aromatic rings. The fourth-order valence-electron chi connectivity index (χ4n) is 3.44. The maximum absolute atomic E-state index is 13.3. The fraction of sp³-hybridized carbons (Fsp3) is 0.160. The van der Waals surface area contributed by atoms with E-state index in [-0.39, 0.29) is 29.0 Å². The van der Waals surface area contributed by atoms with Crippen LogP contribution in [0.5, 0.6) is 5.75 Å². The molecule has 0 bridgehead atoms. The zero-order chi connectivity index (χ0) is 25.7. The van der Waals surface area contributed by atoms with Gasteiger partial charge in [-0.25, -0.2) is 18.4 Å². The van der Waals surface area contributed by atoms with Crippen LogP contribution in [0.1, 0.15) is 5.56 Å². The summed E-state index contributed by atoms with van der Waals surface area (Å²) in [6.45, 7) is 2.01. The number of anilines is 4. The molecule has 186 valence electrons. The maximum atomic E-state index is 13.3. The second kappa shape index (κ2) is 10.6. The zero-order valence-corrected chi connectivity index (χ0v) is 20.8. The third-order valence-electron chi connectivity index (χ3n) is 5.26. The minimum atomic E-state index is -4.07. The molecule has 0 atom stereocenters. The second-order valence-electron chi connectivity index (χ2n) is 7.93. The van der Waals surface area contributed by atoms with Gasteiger partial charge in [0.25, 0.3) is 10.0 Å². The van der Waals surface area contributed by atoms with Crippen molar-refractivity contribution in [2.75, 3.05) is 36.1 Å². The largest absolute Gasteiger partial charge is 0.497 e. The Morgan fingerprint density at radius 1 is 0.944 bits per heavy atom. The number of hydrogen-bond donors (Lipinski definition) is 4. The van der Waals surface area contributed by atoms with E-state index < -0.39 is 10.0 Å². The smallest absolute Gasteiger partial charge is 0.263 e. The van der Waals surface area contributed by atoms with Gasteiger partial charge in [-0.15, -0.1) is 0 Å². The molecule has 10 nitrogen and oxygen atoms in total. The van der Waals surface area contributed by atoms with Crippen molar-refractivity contribution in [3.8, 4) is 5.75 Å². The van der Waals surface area contributed by atoms with Gasteiger partial charge in [-0.2, -0.15) is 0 Å². The Kier molecular flexibility index (Phi) is 7.32. The predicted molar refractivity (Wildman–Crippen MR) is 140 cm³/mol. The van der Waals surface area contributed by atoms with E-state index in [1.807, 2.05) is 25.1 Å². The molecule has 11 heteroatoms. The third kappa shape index (κ3) is 5.70. The van der Waals surface area contributed by atoms with Gasteiger partial charge in [0.2, 0.25) is 5.91 Å². The van der Waals surface area contributed by atoms with Crippen LogP contribution in [0.25, 0.3) is 11.0 Å². The molecule has 1 aromatic heterocycles. The molecule has 0 saturated carbocycles. The number of methoxy groups -OCH3 is 1. The average molecular weight is 507 g/mol. The number of fused-ring (bicyclic) bond motifs is 1. The van der Waals surface area contributed by atoms with E-state index in [0.717, 1.165) is 5.56 Å². The first-order valence-electron chi connectivity index (χ1n) is 11.0. The van der Waals surface area contributed by atoms with Crippen LogP contribution in [0.2, 0.25) is 0 Å². The molecule has 36 heavy (non-hydrogen) atoms. The number of para-hydroxylation sites is 2. The van der Waals surface area contributed by atoms with Crippen molar-refractivity contribution in [2.45, 2.75) is 11.8 Å². The van der Waals surface area contributed by atoms with Crippen molar-refractivity contribution in [2.24, 2.45) is 0 Å². The molecule has 0 saturated heterocycles. The highest BCUT2D eigenvalue weighted by atomic mass is 32.2. The lowest BCUT2D eigenvalue weighted by Gasteiger charge is -2.16. The molecule has 3 aromatic carbocycles. The number of amides is 1. The van der Waals surface area contributed by atoms with Gasteiger partial charge < -0.3 is 20.7 Å². The van der Waals surface area contributed by atoms with Gasteiger partial charge in [0, 0.05) is 17.4 Å². The molecule has 0 radical (unpaired) electrons. The number of benzene rings is 3. The Hall–Kier alpha value is -4.22. The van der Waals surface area contributed by atoms with Crippen LogP contribution in [-0.2, 0) is 14.8 Å². The molecular weight excluding hydrogens is 480 g/mol. The van der Waals surface area contributed by atoms with Gasteiger partial charge >= 0.3 is 0 Å². The number of hydrogen-bond acceptors (Lipinski definition) is 8. The molecule has 0 spiro atoms. The molecular formula is C25H26N6O4S. The number of likely N-dealkylation sites (N-methyl/N-ethyl adjacent to an activating group) is 1. The lowest BCUT2D eigenvalue weighted by Crippen LogP contribution is -2.25. The summed E-state index contributed by atoms with van der Waals surface area (Å²) >= 11 is 0. The van der Waals surface area contributed by atoms with Crippen LogP contribution < -0.4 is 25.4 Å². The van der Waals surface area contributed by atoms with E-state index in [0.29, 0.717) is 28.2 Å².